The highest BCUT2D eigenvalue weighted by atomic mass is 35.5. The Hall–Kier alpha value is -0.690. The highest BCUT2D eigenvalue weighted by molar-refractivity contribution is 6.30. The lowest BCUT2D eigenvalue weighted by Gasteiger charge is -2.26. The van der Waals surface area contributed by atoms with E-state index in [0.717, 1.165) is 23.6 Å². The van der Waals surface area contributed by atoms with Gasteiger partial charge in [-0.3, -0.25) is 0 Å². The molecule has 0 spiro atoms. The molecule has 0 saturated heterocycles. The van der Waals surface area contributed by atoms with Crippen molar-refractivity contribution >= 4 is 11.6 Å². The molecule has 0 bridgehead atoms. The van der Waals surface area contributed by atoms with Gasteiger partial charge in [0, 0.05) is 5.02 Å². The molecular weight excluding hydrogens is 196 g/mol. The molecule has 0 aliphatic heterocycles. The van der Waals surface area contributed by atoms with E-state index in [1.807, 2.05) is 24.3 Å². The van der Waals surface area contributed by atoms with E-state index in [2.05, 4.69) is 20.8 Å². The summed E-state index contributed by atoms with van der Waals surface area (Å²) in [4.78, 5) is 0. The maximum absolute atomic E-state index is 5.87. The Morgan fingerprint density at radius 3 is 2.64 bits per heavy atom. The second-order valence-electron chi connectivity index (χ2n) is 4.07. The zero-order valence-corrected chi connectivity index (χ0v) is 9.77. The Morgan fingerprint density at radius 2 is 2.07 bits per heavy atom. The largest absolute Gasteiger partial charge is 0.488 e. The van der Waals surface area contributed by atoms with Gasteiger partial charge in [0.1, 0.15) is 11.4 Å². The summed E-state index contributed by atoms with van der Waals surface area (Å²) in [5.41, 5.74) is -0.112. The van der Waals surface area contributed by atoms with E-state index in [0.29, 0.717) is 0 Å². The van der Waals surface area contributed by atoms with Crippen molar-refractivity contribution in [2.75, 3.05) is 0 Å². The molecule has 1 aromatic carbocycles. The van der Waals surface area contributed by atoms with Crippen molar-refractivity contribution in [1.82, 2.24) is 0 Å². The predicted molar refractivity (Wildman–Crippen MR) is 61.1 cm³/mol. The molecule has 1 rings (SSSR count). The second-order valence-corrected chi connectivity index (χ2v) is 4.51. The zero-order valence-electron chi connectivity index (χ0n) is 9.01. The molecule has 14 heavy (non-hydrogen) atoms. The first kappa shape index (κ1) is 11.4. The van der Waals surface area contributed by atoms with Gasteiger partial charge in [0.15, 0.2) is 0 Å². The number of hydrogen-bond acceptors (Lipinski definition) is 1. The van der Waals surface area contributed by atoms with Crippen molar-refractivity contribution in [3.8, 4) is 5.75 Å². The third-order valence-corrected chi connectivity index (χ3v) is 2.28. The van der Waals surface area contributed by atoms with E-state index >= 15 is 0 Å². The van der Waals surface area contributed by atoms with E-state index in [-0.39, 0.29) is 5.60 Å². The summed E-state index contributed by atoms with van der Waals surface area (Å²) >= 11 is 5.87. The minimum absolute atomic E-state index is 0.112. The summed E-state index contributed by atoms with van der Waals surface area (Å²) in [6, 6.07) is 7.53. The molecule has 0 saturated carbocycles. The molecule has 0 aliphatic carbocycles. The average molecular weight is 213 g/mol. The highest BCUT2D eigenvalue weighted by Gasteiger charge is 2.18. The lowest BCUT2D eigenvalue weighted by molar-refractivity contribution is 0.0986. The summed E-state index contributed by atoms with van der Waals surface area (Å²) in [5.74, 6) is 0.843. The fraction of sp³-hybridized carbons (Fsp3) is 0.500. The molecule has 0 amide bonds. The van der Waals surface area contributed by atoms with E-state index < -0.39 is 0 Å². The van der Waals surface area contributed by atoms with Crippen molar-refractivity contribution in [2.45, 2.75) is 39.2 Å². The van der Waals surface area contributed by atoms with Crippen molar-refractivity contribution in [3.05, 3.63) is 29.3 Å². The summed E-state index contributed by atoms with van der Waals surface area (Å²) in [7, 11) is 0. The molecule has 0 heterocycles. The van der Waals surface area contributed by atoms with Crippen LogP contribution in [0.1, 0.15) is 33.6 Å². The Balaban J connectivity index is 2.68. The van der Waals surface area contributed by atoms with Gasteiger partial charge < -0.3 is 4.74 Å². The van der Waals surface area contributed by atoms with Crippen molar-refractivity contribution in [3.63, 3.8) is 0 Å². The zero-order chi connectivity index (χ0) is 10.6. The third kappa shape index (κ3) is 3.59. The number of ether oxygens (including phenoxy) is 1. The van der Waals surface area contributed by atoms with Gasteiger partial charge in [0.2, 0.25) is 0 Å². The predicted octanol–water partition coefficient (Wildman–Crippen LogP) is 4.30. The van der Waals surface area contributed by atoms with E-state index in [4.69, 9.17) is 16.3 Å². The van der Waals surface area contributed by atoms with Crippen LogP contribution in [0.5, 0.6) is 5.75 Å². The van der Waals surface area contributed by atoms with Gasteiger partial charge in [-0.25, -0.2) is 0 Å². The normalized spacial score (nSPS) is 11.4. The average Bonchev–Trinajstić information content (AvgIpc) is 2.02. The molecule has 1 aromatic rings. The number of hydrogen-bond donors (Lipinski definition) is 0. The van der Waals surface area contributed by atoms with Crippen LogP contribution in [0.25, 0.3) is 0 Å². The highest BCUT2D eigenvalue weighted by Crippen LogP contribution is 2.24. The van der Waals surface area contributed by atoms with Gasteiger partial charge in [0.05, 0.1) is 0 Å². The molecule has 2 heteroatoms. The SMILES string of the molecule is CCCC(C)(C)Oc1cccc(Cl)c1. The lowest BCUT2D eigenvalue weighted by Crippen LogP contribution is -2.27. The third-order valence-electron chi connectivity index (χ3n) is 2.04. The molecular formula is C12H17ClO. The van der Waals surface area contributed by atoms with Crippen LogP contribution in [-0.4, -0.2) is 5.60 Å². The summed E-state index contributed by atoms with van der Waals surface area (Å²) < 4.78 is 5.84. The fourth-order valence-electron chi connectivity index (χ4n) is 1.50. The number of rotatable bonds is 4. The maximum Gasteiger partial charge on any atom is 0.121 e. The van der Waals surface area contributed by atoms with Crippen molar-refractivity contribution in [1.29, 1.82) is 0 Å². The standard InChI is InChI=1S/C12H17ClO/c1-4-8-12(2,3)14-11-7-5-6-10(13)9-11/h5-7,9H,4,8H2,1-3H3. The molecule has 0 aromatic heterocycles. The lowest BCUT2D eigenvalue weighted by atomic mass is 10.0. The Kier molecular flexibility index (Phi) is 3.82. The number of benzene rings is 1. The second kappa shape index (κ2) is 4.70. The van der Waals surface area contributed by atoms with Crippen LogP contribution in [0.2, 0.25) is 5.02 Å². The Morgan fingerprint density at radius 1 is 1.36 bits per heavy atom. The van der Waals surface area contributed by atoms with Crippen LogP contribution >= 0.6 is 11.6 Å². The van der Waals surface area contributed by atoms with Crippen LogP contribution < -0.4 is 4.74 Å². The van der Waals surface area contributed by atoms with Crippen LogP contribution in [-0.2, 0) is 0 Å². The monoisotopic (exact) mass is 212 g/mol. The molecule has 0 fully saturated rings. The number of halogens is 1. The van der Waals surface area contributed by atoms with E-state index in [9.17, 15) is 0 Å². The first-order valence-corrected chi connectivity index (χ1v) is 5.36. The van der Waals surface area contributed by atoms with Gasteiger partial charge >= 0.3 is 0 Å². The quantitative estimate of drug-likeness (QED) is 0.723. The first-order valence-electron chi connectivity index (χ1n) is 4.98. The van der Waals surface area contributed by atoms with Gasteiger partial charge in [-0.1, -0.05) is 31.0 Å². The maximum atomic E-state index is 5.87. The molecule has 1 nitrogen and oxygen atoms in total. The van der Waals surface area contributed by atoms with E-state index in [1.54, 1.807) is 0 Å². The summed E-state index contributed by atoms with van der Waals surface area (Å²) in [6.45, 7) is 6.35. The van der Waals surface area contributed by atoms with Crippen LogP contribution in [0.15, 0.2) is 24.3 Å². The topological polar surface area (TPSA) is 9.23 Å². The van der Waals surface area contributed by atoms with Crippen molar-refractivity contribution in [2.24, 2.45) is 0 Å². The fourth-order valence-corrected chi connectivity index (χ4v) is 1.68. The minimum atomic E-state index is -0.112. The summed E-state index contributed by atoms with van der Waals surface area (Å²) in [6.07, 6.45) is 2.16. The van der Waals surface area contributed by atoms with Crippen LogP contribution in [0, 0.1) is 0 Å². The van der Waals surface area contributed by atoms with Crippen LogP contribution in [0.3, 0.4) is 0 Å². The summed E-state index contributed by atoms with van der Waals surface area (Å²) in [5, 5.41) is 0.717. The molecule has 0 atom stereocenters. The molecule has 0 radical (unpaired) electrons. The smallest absolute Gasteiger partial charge is 0.121 e. The van der Waals surface area contributed by atoms with Gasteiger partial charge in [-0.15, -0.1) is 0 Å². The minimum Gasteiger partial charge on any atom is -0.488 e. The molecule has 0 aliphatic rings. The van der Waals surface area contributed by atoms with Crippen LogP contribution in [0.4, 0.5) is 0 Å². The van der Waals surface area contributed by atoms with Gasteiger partial charge in [-0.05, 0) is 38.5 Å². The van der Waals surface area contributed by atoms with Gasteiger partial charge in [-0.2, -0.15) is 0 Å². The van der Waals surface area contributed by atoms with Crippen molar-refractivity contribution < 1.29 is 4.74 Å². The molecule has 0 N–H and O–H groups in total. The first-order chi connectivity index (χ1) is 6.53. The molecule has 78 valence electrons. The Labute approximate surface area is 91.0 Å². The Bertz CT molecular complexity index is 294. The van der Waals surface area contributed by atoms with E-state index in [1.165, 1.54) is 0 Å². The molecule has 0 unspecified atom stereocenters. The van der Waals surface area contributed by atoms with Gasteiger partial charge in [0.25, 0.3) is 0 Å².